The fourth-order valence-electron chi connectivity index (χ4n) is 4.80. The topological polar surface area (TPSA) is 29.3 Å². The fraction of sp³-hybridized carbons (Fsp3) is 1.00. The predicted octanol–water partition coefficient (Wildman–Crippen LogP) is 3.40. The number of piperidine rings is 1. The molecule has 0 radical (unpaired) electrons. The summed E-state index contributed by atoms with van der Waals surface area (Å²) in [7, 11) is 0. The molecule has 2 fully saturated rings. The number of rotatable bonds is 3. The number of hydrogen-bond donors (Lipinski definition) is 1. The third-order valence-electron chi connectivity index (χ3n) is 5.35. The lowest BCUT2D eigenvalue weighted by molar-refractivity contribution is -0.0291. The predicted molar refractivity (Wildman–Crippen MR) is 78.6 cm³/mol. The van der Waals surface area contributed by atoms with Crippen LogP contribution in [-0.2, 0) is 0 Å². The first kappa shape index (κ1) is 14.3. The van der Waals surface area contributed by atoms with Crippen molar-refractivity contribution in [3.63, 3.8) is 0 Å². The molecule has 1 heterocycles. The van der Waals surface area contributed by atoms with Crippen molar-refractivity contribution < 1.29 is 0 Å². The van der Waals surface area contributed by atoms with E-state index in [4.69, 9.17) is 5.73 Å². The van der Waals surface area contributed by atoms with Gasteiger partial charge >= 0.3 is 0 Å². The molecule has 1 saturated heterocycles. The summed E-state index contributed by atoms with van der Waals surface area (Å²) >= 11 is 0. The zero-order chi connectivity index (χ0) is 13.2. The summed E-state index contributed by atoms with van der Waals surface area (Å²) in [6.45, 7) is 9.34. The third kappa shape index (κ3) is 2.75. The lowest BCUT2D eigenvalue weighted by Gasteiger charge is -2.54. The molecule has 0 aromatic heterocycles. The van der Waals surface area contributed by atoms with Gasteiger partial charge in [0.2, 0.25) is 0 Å². The standard InChI is InChI=1S/C16H32N2/c1-4-15-7-5-6-8-18(15)16(12-17)10-13(2)9-14(3)11-16/h13-15H,4-12,17H2,1-3H3. The monoisotopic (exact) mass is 252 g/mol. The number of hydrogen-bond acceptors (Lipinski definition) is 2. The van der Waals surface area contributed by atoms with Crippen molar-refractivity contribution in [3.05, 3.63) is 0 Å². The molecule has 1 saturated carbocycles. The van der Waals surface area contributed by atoms with Crippen LogP contribution in [0.25, 0.3) is 0 Å². The minimum absolute atomic E-state index is 0.318. The van der Waals surface area contributed by atoms with Crippen molar-refractivity contribution in [2.45, 2.75) is 77.3 Å². The lowest BCUT2D eigenvalue weighted by Crippen LogP contribution is -2.61. The number of nitrogens with zero attached hydrogens (tertiary/aromatic N) is 1. The van der Waals surface area contributed by atoms with Gasteiger partial charge in [-0.25, -0.2) is 0 Å². The summed E-state index contributed by atoms with van der Waals surface area (Å²) in [5.41, 5.74) is 6.59. The molecule has 18 heavy (non-hydrogen) atoms. The molecule has 2 rings (SSSR count). The molecule has 2 nitrogen and oxygen atoms in total. The van der Waals surface area contributed by atoms with E-state index in [1.54, 1.807) is 0 Å². The number of nitrogens with two attached hydrogens (primary N) is 1. The Labute approximate surface area is 113 Å². The fourth-order valence-corrected chi connectivity index (χ4v) is 4.80. The van der Waals surface area contributed by atoms with Gasteiger partial charge in [-0.15, -0.1) is 0 Å². The van der Waals surface area contributed by atoms with E-state index in [9.17, 15) is 0 Å². The zero-order valence-electron chi connectivity index (χ0n) is 12.6. The Bertz CT molecular complexity index is 254. The van der Waals surface area contributed by atoms with Crippen LogP contribution in [0, 0.1) is 11.8 Å². The summed E-state index contributed by atoms with van der Waals surface area (Å²) in [4.78, 5) is 2.82. The summed E-state index contributed by atoms with van der Waals surface area (Å²) in [5, 5.41) is 0. The third-order valence-corrected chi connectivity index (χ3v) is 5.35. The van der Waals surface area contributed by atoms with Crippen LogP contribution < -0.4 is 5.73 Å². The van der Waals surface area contributed by atoms with Crippen LogP contribution >= 0.6 is 0 Å². The highest BCUT2D eigenvalue weighted by Gasteiger charge is 2.44. The molecule has 2 aliphatic rings. The molecule has 1 aliphatic heterocycles. The Morgan fingerprint density at radius 2 is 1.83 bits per heavy atom. The van der Waals surface area contributed by atoms with Crippen molar-refractivity contribution in [2.24, 2.45) is 17.6 Å². The molecular formula is C16H32N2. The molecule has 0 aromatic rings. The van der Waals surface area contributed by atoms with E-state index in [1.165, 1.54) is 51.5 Å². The van der Waals surface area contributed by atoms with Gasteiger partial charge in [0.15, 0.2) is 0 Å². The average Bonchev–Trinajstić information content (AvgIpc) is 2.37. The lowest BCUT2D eigenvalue weighted by atomic mass is 9.69. The normalized spacial score (nSPS) is 43.0. The van der Waals surface area contributed by atoms with Gasteiger partial charge in [0.1, 0.15) is 0 Å². The van der Waals surface area contributed by atoms with E-state index in [0.29, 0.717) is 5.54 Å². The summed E-state index contributed by atoms with van der Waals surface area (Å²) in [5.74, 6) is 1.69. The van der Waals surface area contributed by atoms with Crippen molar-refractivity contribution in [1.82, 2.24) is 4.90 Å². The maximum absolute atomic E-state index is 6.27. The molecule has 0 bridgehead atoms. The number of likely N-dealkylation sites (tertiary alicyclic amines) is 1. The first-order chi connectivity index (χ1) is 8.61. The first-order valence-electron chi connectivity index (χ1n) is 8.08. The molecule has 1 aliphatic carbocycles. The smallest absolute Gasteiger partial charge is 0.0339 e. The van der Waals surface area contributed by atoms with E-state index < -0.39 is 0 Å². The van der Waals surface area contributed by atoms with E-state index in [-0.39, 0.29) is 0 Å². The highest BCUT2D eigenvalue weighted by molar-refractivity contribution is 5.00. The van der Waals surface area contributed by atoms with Crippen molar-refractivity contribution in [2.75, 3.05) is 13.1 Å². The van der Waals surface area contributed by atoms with E-state index in [0.717, 1.165) is 24.4 Å². The van der Waals surface area contributed by atoms with Gasteiger partial charge in [0.05, 0.1) is 0 Å². The van der Waals surface area contributed by atoms with Gasteiger partial charge in [-0.3, -0.25) is 4.90 Å². The molecule has 0 aromatic carbocycles. The molecule has 3 unspecified atom stereocenters. The summed E-state index contributed by atoms with van der Waals surface area (Å²) < 4.78 is 0. The van der Waals surface area contributed by atoms with Gasteiger partial charge in [-0.2, -0.15) is 0 Å². The van der Waals surface area contributed by atoms with Gasteiger partial charge in [0.25, 0.3) is 0 Å². The minimum Gasteiger partial charge on any atom is -0.329 e. The van der Waals surface area contributed by atoms with E-state index in [2.05, 4.69) is 25.7 Å². The van der Waals surface area contributed by atoms with Crippen LogP contribution in [0.4, 0.5) is 0 Å². The van der Waals surface area contributed by atoms with Crippen LogP contribution in [0.1, 0.15) is 65.7 Å². The SMILES string of the molecule is CCC1CCCCN1C1(CN)CC(C)CC(C)C1. The van der Waals surface area contributed by atoms with Crippen molar-refractivity contribution >= 4 is 0 Å². The molecule has 0 spiro atoms. The van der Waals surface area contributed by atoms with Crippen LogP contribution in [0.2, 0.25) is 0 Å². The maximum atomic E-state index is 6.27. The Balaban J connectivity index is 2.18. The largest absolute Gasteiger partial charge is 0.329 e. The minimum atomic E-state index is 0.318. The quantitative estimate of drug-likeness (QED) is 0.834. The highest BCUT2D eigenvalue weighted by Crippen LogP contribution is 2.42. The van der Waals surface area contributed by atoms with Gasteiger partial charge < -0.3 is 5.73 Å². The van der Waals surface area contributed by atoms with Gasteiger partial charge in [-0.05, 0) is 56.9 Å². The Morgan fingerprint density at radius 1 is 1.17 bits per heavy atom. The second kappa shape index (κ2) is 5.92. The molecule has 106 valence electrons. The van der Waals surface area contributed by atoms with Crippen molar-refractivity contribution in [3.8, 4) is 0 Å². The summed E-state index contributed by atoms with van der Waals surface area (Å²) in [6.07, 6.45) is 9.52. The van der Waals surface area contributed by atoms with Gasteiger partial charge in [-0.1, -0.05) is 27.2 Å². The second-order valence-corrected chi connectivity index (χ2v) is 7.03. The Morgan fingerprint density at radius 3 is 2.39 bits per heavy atom. The molecule has 3 atom stereocenters. The second-order valence-electron chi connectivity index (χ2n) is 7.03. The van der Waals surface area contributed by atoms with Crippen LogP contribution in [0.5, 0.6) is 0 Å². The van der Waals surface area contributed by atoms with E-state index >= 15 is 0 Å². The first-order valence-corrected chi connectivity index (χ1v) is 8.08. The average molecular weight is 252 g/mol. The molecule has 2 heteroatoms. The van der Waals surface area contributed by atoms with Gasteiger partial charge in [0, 0.05) is 18.1 Å². The highest BCUT2D eigenvalue weighted by atomic mass is 15.2. The molecule has 0 amide bonds. The molecule has 2 N–H and O–H groups in total. The Hall–Kier alpha value is -0.0800. The zero-order valence-corrected chi connectivity index (χ0v) is 12.6. The van der Waals surface area contributed by atoms with Crippen LogP contribution in [0.3, 0.4) is 0 Å². The van der Waals surface area contributed by atoms with E-state index in [1.807, 2.05) is 0 Å². The maximum Gasteiger partial charge on any atom is 0.0339 e. The Kier molecular flexibility index (Phi) is 4.71. The van der Waals surface area contributed by atoms with Crippen LogP contribution in [-0.4, -0.2) is 29.6 Å². The van der Waals surface area contributed by atoms with Crippen LogP contribution in [0.15, 0.2) is 0 Å². The summed E-state index contributed by atoms with van der Waals surface area (Å²) in [6, 6.07) is 0.791. The van der Waals surface area contributed by atoms with Crippen molar-refractivity contribution in [1.29, 1.82) is 0 Å². The molecular weight excluding hydrogens is 220 g/mol.